The summed E-state index contributed by atoms with van der Waals surface area (Å²) in [5, 5.41) is 17.1. The zero-order valence-electron chi connectivity index (χ0n) is 26.9. The molecule has 3 aliphatic heterocycles. The highest BCUT2D eigenvalue weighted by Gasteiger charge is 2.29. The van der Waals surface area contributed by atoms with Crippen LogP contribution < -0.4 is 20.3 Å². The fourth-order valence-electron chi connectivity index (χ4n) is 6.21. The van der Waals surface area contributed by atoms with Gasteiger partial charge in [-0.3, -0.25) is 14.5 Å². The molecule has 6 rings (SSSR count). The molecule has 254 valence electrons. The van der Waals surface area contributed by atoms with E-state index in [0.717, 1.165) is 42.9 Å². The van der Waals surface area contributed by atoms with Crippen molar-refractivity contribution in [1.82, 2.24) is 25.1 Å². The number of nitrogens with zero attached hydrogens (tertiary/aromatic N) is 5. The van der Waals surface area contributed by atoms with Crippen molar-refractivity contribution in [1.29, 1.82) is 0 Å². The number of nitrogens with one attached hydrogen (secondary N) is 2. The van der Waals surface area contributed by atoms with Gasteiger partial charge in [-0.05, 0) is 68.0 Å². The quantitative estimate of drug-likeness (QED) is 0.280. The van der Waals surface area contributed by atoms with Gasteiger partial charge in [0.1, 0.15) is 18.2 Å². The Bertz CT molecular complexity index is 1560. The zero-order valence-corrected chi connectivity index (χ0v) is 27.9. The molecule has 3 N–H and O–H groups in total. The molecule has 0 radical (unpaired) electrons. The molecule has 0 saturated carbocycles. The molecule has 2 fully saturated rings. The number of hydrogen-bond donors (Lipinski definition) is 3. The number of piperidine rings is 1. The third-order valence-electron chi connectivity index (χ3n) is 8.95. The van der Waals surface area contributed by atoms with Crippen LogP contribution in [0.1, 0.15) is 59.1 Å². The fraction of sp³-hybridized carbons (Fsp3) is 0.515. The monoisotopic (exact) mass is 669 g/mol. The Hall–Kier alpha value is -3.88. The largest absolute Gasteiger partial charge is 0.482 e. The first-order valence-corrected chi connectivity index (χ1v) is 16.0. The van der Waals surface area contributed by atoms with Gasteiger partial charge in [-0.25, -0.2) is 14.4 Å². The number of amides is 2. The predicted octanol–water partition coefficient (Wildman–Crippen LogP) is 2.99. The number of halogens is 1. The van der Waals surface area contributed by atoms with E-state index in [-0.39, 0.29) is 50.3 Å². The van der Waals surface area contributed by atoms with Crippen LogP contribution in [-0.2, 0) is 24.4 Å². The standard InChI is InChI=1S/C33H42FN7O5.H2S/c1-21-30(46-20-36-21)19-45-29-11-23-6-9-39(15-25(23)10-28(29)34)18-27(43)14-35-33(44)24-12-31(37-26-16-41(17-26)22(2)42)38-32(13-24)40-7-4-3-5-8-40;/h10-13,20,26-27,43H,3-9,14-19H2,1-2H3,(H,35,44)(H,37,38);1H2/t27-;/m0./s1. The van der Waals surface area contributed by atoms with Crippen LogP contribution in [-0.4, -0.2) is 94.6 Å². The normalized spacial score (nSPS) is 17.3. The second-order valence-electron chi connectivity index (χ2n) is 12.5. The van der Waals surface area contributed by atoms with Gasteiger partial charge in [0.15, 0.2) is 23.7 Å². The van der Waals surface area contributed by atoms with Crippen LogP contribution in [0.4, 0.5) is 16.0 Å². The highest BCUT2D eigenvalue weighted by atomic mass is 32.1. The maximum absolute atomic E-state index is 14.9. The lowest BCUT2D eigenvalue weighted by Gasteiger charge is -2.39. The van der Waals surface area contributed by atoms with Crippen LogP contribution >= 0.6 is 13.5 Å². The highest BCUT2D eigenvalue weighted by Crippen LogP contribution is 2.28. The molecule has 0 bridgehead atoms. The number of carbonyl (C=O) groups excluding carboxylic acids is 2. The van der Waals surface area contributed by atoms with Crippen LogP contribution in [0.3, 0.4) is 0 Å². The molecular weight excluding hydrogens is 625 g/mol. The molecule has 0 unspecified atom stereocenters. The number of likely N-dealkylation sites (tertiary alicyclic amines) is 1. The van der Waals surface area contributed by atoms with Crippen LogP contribution in [0.2, 0.25) is 0 Å². The van der Waals surface area contributed by atoms with Gasteiger partial charge >= 0.3 is 0 Å². The Morgan fingerprint density at radius 2 is 1.91 bits per heavy atom. The number of aryl methyl sites for hydroxylation is 1. The summed E-state index contributed by atoms with van der Waals surface area (Å²) < 4.78 is 25.8. The minimum Gasteiger partial charge on any atom is -0.482 e. The molecule has 12 nitrogen and oxygen atoms in total. The van der Waals surface area contributed by atoms with E-state index in [9.17, 15) is 19.1 Å². The van der Waals surface area contributed by atoms with Crippen LogP contribution in [0.15, 0.2) is 35.1 Å². The van der Waals surface area contributed by atoms with Gasteiger partial charge in [0.05, 0.1) is 17.8 Å². The first kappa shape index (κ1) is 34.5. The van der Waals surface area contributed by atoms with E-state index in [0.29, 0.717) is 62.0 Å². The van der Waals surface area contributed by atoms with Crippen molar-refractivity contribution in [3.63, 3.8) is 0 Å². The summed E-state index contributed by atoms with van der Waals surface area (Å²) in [4.78, 5) is 39.7. The Labute approximate surface area is 281 Å². The number of aliphatic hydroxyl groups excluding tert-OH is 1. The van der Waals surface area contributed by atoms with Gasteiger partial charge in [-0.2, -0.15) is 13.5 Å². The Morgan fingerprint density at radius 3 is 2.64 bits per heavy atom. The van der Waals surface area contributed by atoms with Crippen molar-refractivity contribution in [3.8, 4) is 5.75 Å². The summed E-state index contributed by atoms with van der Waals surface area (Å²) in [5.41, 5.74) is 3.03. The number of carbonyl (C=O) groups is 2. The van der Waals surface area contributed by atoms with E-state index in [1.807, 2.05) is 6.07 Å². The second kappa shape index (κ2) is 15.3. The van der Waals surface area contributed by atoms with Crippen molar-refractivity contribution in [2.45, 2.75) is 64.8 Å². The first-order valence-electron chi connectivity index (χ1n) is 16.0. The van der Waals surface area contributed by atoms with Gasteiger partial charge in [0.2, 0.25) is 5.91 Å². The number of rotatable bonds is 11. The topological polar surface area (TPSA) is 136 Å². The average molecular weight is 670 g/mol. The smallest absolute Gasteiger partial charge is 0.251 e. The number of ether oxygens (including phenoxy) is 1. The lowest BCUT2D eigenvalue weighted by molar-refractivity contribution is -0.132. The van der Waals surface area contributed by atoms with Crippen molar-refractivity contribution >= 4 is 36.9 Å². The zero-order chi connectivity index (χ0) is 32.2. The number of anilines is 2. The van der Waals surface area contributed by atoms with Gasteiger partial charge < -0.3 is 34.7 Å². The number of β-amino-alcohol motifs (C(OH)–C–C–N with tert-alkyl or cyclic N) is 1. The molecule has 0 aliphatic carbocycles. The molecule has 3 aromatic rings. The molecule has 1 atom stereocenters. The van der Waals surface area contributed by atoms with Gasteiger partial charge in [0, 0.05) is 64.8 Å². The number of aromatic nitrogens is 2. The summed E-state index contributed by atoms with van der Waals surface area (Å²) in [5.74, 6) is 1.39. The summed E-state index contributed by atoms with van der Waals surface area (Å²) in [6, 6.07) is 6.85. The number of oxazole rings is 1. The molecule has 2 aromatic heterocycles. The third kappa shape index (κ3) is 8.54. The lowest BCUT2D eigenvalue weighted by Crippen LogP contribution is -2.56. The molecule has 2 amide bonds. The fourth-order valence-corrected chi connectivity index (χ4v) is 6.21. The highest BCUT2D eigenvalue weighted by molar-refractivity contribution is 7.59. The predicted molar refractivity (Wildman–Crippen MR) is 180 cm³/mol. The number of pyridine rings is 1. The maximum Gasteiger partial charge on any atom is 0.251 e. The van der Waals surface area contributed by atoms with Crippen molar-refractivity contribution in [2.24, 2.45) is 0 Å². The molecule has 5 heterocycles. The van der Waals surface area contributed by atoms with Gasteiger partial charge in [-0.1, -0.05) is 0 Å². The summed E-state index contributed by atoms with van der Waals surface area (Å²) in [7, 11) is 0. The van der Waals surface area contributed by atoms with Crippen molar-refractivity contribution < 1.29 is 28.2 Å². The lowest BCUT2D eigenvalue weighted by atomic mass is 9.99. The SMILES string of the molecule is CC(=O)N1CC(Nc2cc(C(=O)NC[C@H](O)CN3CCc4cc(OCc5ocnc5C)c(F)cc4C3)cc(N3CCCCC3)n2)C1.S. The van der Waals surface area contributed by atoms with Crippen LogP contribution in [0, 0.1) is 12.7 Å². The molecule has 0 spiro atoms. The molecule has 3 aliphatic rings. The second-order valence-corrected chi connectivity index (χ2v) is 12.5. The maximum atomic E-state index is 14.9. The van der Waals surface area contributed by atoms with Gasteiger partial charge in [0.25, 0.3) is 5.91 Å². The van der Waals surface area contributed by atoms with E-state index in [4.69, 9.17) is 14.1 Å². The van der Waals surface area contributed by atoms with Gasteiger partial charge in [-0.15, -0.1) is 0 Å². The number of fused-ring (bicyclic) bond motifs is 1. The number of aliphatic hydroxyl groups is 1. The minimum absolute atomic E-state index is 0. The van der Waals surface area contributed by atoms with E-state index < -0.39 is 11.9 Å². The van der Waals surface area contributed by atoms with E-state index in [2.05, 4.69) is 25.4 Å². The number of hydrogen-bond acceptors (Lipinski definition) is 10. The third-order valence-corrected chi connectivity index (χ3v) is 8.95. The summed E-state index contributed by atoms with van der Waals surface area (Å²) >= 11 is 0. The summed E-state index contributed by atoms with van der Waals surface area (Å²) in [6.45, 7) is 8.02. The molecule has 14 heteroatoms. The van der Waals surface area contributed by atoms with E-state index in [1.165, 1.54) is 18.9 Å². The van der Waals surface area contributed by atoms with Crippen LogP contribution in [0.5, 0.6) is 5.75 Å². The summed E-state index contributed by atoms with van der Waals surface area (Å²) in [6.07, 6.45) is 4.55. The molecule has 47 heavy (non-hydrogen) atoms. The van der Waals surface area contributed by atoms with Crippen LogP contribution in [0.25, 0.3) is 0 Å². The molecular formula is C33H44FN7O5S. The minimum atomic E-state index is -0.809. The van der Waals surface area contributed by atoms with Crippen molar-refractivity contribution in [2.75, 3.05) is 56.0 Å². The first-order chi connectivity index (χ1) is 22.2. The Balaban J connectivity index is 0.00000433. The van der Waals surface area contributed by atoms with Crippen molar-refractivity contribution in [3.05, 3.63) is 64.6 Å². The van der Waals surface area contributed by atoms with E-state index in [1.54, 1.807) is 30.9 Å². The molecule has 2 saturated heterocycles. The van der Waals surface area contributed by atoms with E-state index >= 15 is 0 Å². The Kier molecular flexibility index (Phi) is 11.3. The molecule has 1 aromatic carbocycles. The Morgan fingerprint density at radius 1 is 1.13 bits per heavy atom. The average Bonchev–Trinajstić information content (AvgIpc) is 3.44. The number of benzene rings is 1.